The highest BCUT2D eigenvalue weighted by Gasteiger charge is 2.23. The molecule has 0 spiro atoms. The summed E-state index contributed by atoms with van der Waals surface area (Å²) in [6.07, 6.45) is 0. The Labute approximate surface area is 167 Å². The highest BCUT2D eigenvalue weighted by atomic mass is 35.5. The Morgan fingerprint density at radius 1 is 1.15 bits per heavy atom. The first-order chi connectivity index (χ1) is 12.8. The van der Waals surface area contributed by atoms with Crippen LogP contribution in [-0.2, 0) is 0 Å². The fourth-order valence-corrected chi connectivity index (χ4v) is 3.63. The van der Waals surface area contributed by atoms with Gasteiger partial charge in [-0.2, -0.15) is 0 Å². The lowest BCUT2D eigenvalue weighted by atomic mass is 10.1. The molecule has 1 heterocycles. The lowest BCUT2D eigenvalue weighted by molar-refractivity contribution is 0.191. The summed E-state index contributed by atoms with van der Waals surface area (Å²) in [7, 11) is 0. The minimum atomic E-state index is -0.572. The molecule has 1 atom stereocenters. The van der Waals surface area contributed by atoms with Gasteiger partial charge in [0.25, 0.3) is 0 Å². The predicted molar refractivity (Wildman–Crippen MR) is 105 cm³/mol. The van der Waals surface area contributed by atoms with Gasteiger partial charge in [0.2, 0.25) is 0 Å². The summed E-state index contributed by atoms with van der Waals surface area (Å²) in [6.45, 7) is 4.13. The number of carbonyl (C=O) groups is 1. The Balaban J connectivity index is 1.59. The fourth-order valence-electron chi connectivity index (χ4n) is 3.08. The van der Waals surface area contributed by atoms with Gasteiger partial charge in [-0.25, -0.2) is 9.18 Å². The number of benzene rings is 2. The first-order valence-corrected chi connectivity index (χ1v) is 9.34. The number of urea groups is 1. The molecule has 2 aromatic rings. The van der Waals surface area contributed by atoms with Crippen molar-refractivity contribution in [2.45, 2.75) is 13.0 Å². The van der Waals surface area contributed by atoms with E-state index in [-0.39, 0.29) is 16.8 Å². The average molecular weight is 412 g/mol. The zero-order valence-electron chi connectivity index (χ0n) is 14.8. The van der Waals surface area contributed by atoms with Crippen LogP contribution in [-0.4, -0.2) is 42.2 Å². The van der Waals surface area contributed by atoms with Gasteiger partial charge in [-0.3, -0.25) is 0 Å². The molecule has 2 amide bonds. The number of halogens is 3. The van der Waals surface area contributed by atoms with E-state index in [0.29, 0.717) is 36.8 Å². The Morgan fingerprint density at radius 2 is 1.85 bits per heavy atom. The van der Waals surface area contributed by atoms with Crippen molar-refractivity contribution >= 4 is 34.9 Å². The van der Waals surface area contributed by atoms with Crippen LogP contribution in [0.4, 0.5) is 14.9 Å². The zero-order chi connectivity index (χ0) is 19.6. The number of nitrogens with zero attached hydrogens (tertiary/aromatic N) is 2. The molecule has 0 aromatic heterocycles. The van der Waals surface area contributed by atoms with Gasteiger partial charge >= 0.3 is 6.03 Å². The van der Waals surface area contributed by atoms with Crippen molar-refractivity contribution in [3.63, 3.8) is 0 Å². The molecular formula is C19H20Cl2FN3O2. The maximum atomic E-state index is 13.7. The number of phenolic OH excluding ortho intramolecular Hbond substituents is 1. The molecule has 1 aliphatic rings. The van der Waals surface area contributed by atoms with Gasteiger partial charge < -0.3 is 20.2 Å². The number of hydrogen-bond acceptors (Lipinski definition) is 3. The van der Waals surface area contributed by atoms with Crippen molar-refractivity contribution in [2.75, 3.05) is 31.1 Å². The van der Waals surface area contributed by atoms with Crippen LogP contribution in [0.1, 0.15) is 18.5 Å². The van der Waals surface area contributed by atoms with Crippen LogP contribution in [0.15, 0.2) is 36.4 Å². The zero-order valence-corrected chi connectivity index (χ0v) is 16.3. The van der Waals surface area contributed by atoms with Gasteiger partial charge in [-0.15, -0.1) is 0 Å². The number of anilines is 1. The molecule has 1 fully saturated rings. The molecule has 27 heavy (non-hydrogen) atoms. The van der Waals surface area contributed by atoms with Crippen LogP contribution >= 0.6 is 23.2 Å². The molecule has 0 aliphatic carbocycles. The monoisotopic (exact) mass is 411 g/mol. The van der Waals surface area contributed by atoms with Gasteiger partial charge in [-0.05, 0) is 36.8 Å². The van der Waals surface area contributed by atoms with Gasteiger partial charge in [0.15, 0.2) is 0 Å². The number of piperazine rings is 1. The summed E-state index contributed by atoms with van der Waals surface area (Å²) < 4.78 is 13.7. The number of hydrogen-bond donors (Lipinski definition) is 2. The molecule has 5 nitrogen and oxygen atoms in total. The Hall–Kier alpha value is -2.18. The number of amides is 2. The molecular weight excluding hydrogens is 392 g/mol. The van der Waals surface area contributed by atoms with E-state index in [1.54, 1.807) is 30.0 Å². The first kappa shape index (κ1) is 19.6. The second kappa shape index (κ2) is 8.23. The summed E-state index contributed by atoms with van der Waals surface area (Å²) in [6, 6.07) is 8.94. The van der Waals surface area contributed by atoms with E-state index in [2.05, 4.69) is 10.2 Å². The number of carbonyl (C=O) groups excluding carboxylic acids is 1. The van der Waals surface area contributed by atoms with E-state index in [1.165, 1.54) is 12.1 Å². The smallest absolute Gasteiger partial charge is 0.317 e. The van der Waals surface area contributed by atoms with E-state index in [1.807, 2.05) is 6.07 Å². The van der Waals surface area contributed by atoms with Crippen molar-refractivity contribution in [2.24, 2.45) is 0 Å². The second-order valence-corrected chi connectivity index (χ2v) is 7.27. The van der Waals surface area contributed by atoms with Crippen LogP contribution in [0.3, 0.4) is 0 Å². The molecule has 2 N–H and O–H groups in total. The number of aromatic hydroxyl groups is 1. The largest absolute Gasteiger partial charge is 0.508 e. The Kier molecular flexibility index (Phi) is 5.97. The molecule has 2 aromatic carbocycles. The highest BCUT2D eigenvalue weighted by Crippen LogP contribution is 2.29. The molecule has 1 saturated heterocycles. The third-order valence-corrected chi connectivity index (χ3v) is 5.22. The van der Waals surface area contributed by atoms with Crippen LogP contribution in [0.2, 0.25) is 10.0 Å². The highest BCUT2D eigenvalue weighted by molar-refractivity contribution is 6.35. The van der Waals surface area contributed by atoms with E-state index >= 15 is 0 Å². The van der Waals surface area contributed by atoms with Crippen molar-refractivity contribution in [1.29, 1.82) is 0 Å². The van der Waals surface area contributed by atoms with E-state index in [0.717, 1.165) is 5.69 Å². The van der Waals surface area contributed by atoms with E-state index < -0.39 is 11.9 Å². The van der Waals surface area contributed by atoms with Crippen molar-refractivity contribution in [3.8, 4) is 5.75 Å². The van der Waals surface area contributed by atoms with Gasteiger partial charge in [0.05, 0.1) is 11.1 Å². The summed E-state index contributed by atoms with van der Waals surface area (Å²) in [5, 5.41) is 12.7. The summed E-state index contributed by atoms with van der Waals surface area (Å²) in [5.41, 5.74) is 1.40. The van der Waals surface area contributed by atoms with E-state index in [4.69, 9.17) is 23.2 Å². The topological polar surface area (TPSA) is 55.8 Å². The van der Waals surface area contributed by atoms with Crippen LogP contribution in [0.25, 0.3) is 0 Å². The number of phenols is 1. The standard InChI is InChI=1S/C19H20Cl2FN3O2/c1-12(15-10-18(22)17(21)11-16(15)20)23-19(27)25-7-5-24(6-8-25)13-3-2-4-14(26)9-13/h2-4,9-12,26H,5-8H2,1H3,(H,23,27). The molecule has 1 unspecified atom stereocenters. The molecule has 144 valence electrons. The van der Waals surface area contributed by atoms with Crippen molar-refractivity contribution < 1.29 is 14.3 Å². The lowest BCUT2D eigenvalue weighted by Gasteiger charge is -2.36. The lowest BCUT2D eigenvalue weighted by Crippen LogP contribution is -2.52. The number of rotatable bonds is 3. The number of nitrogens with one attached hydrogen (secondary N) is 1. The SMILES string of the molecule is CC(NC(=O)N1CCN(c2cccc(O)c2)CC1)c1cc(F)c(Cl)cc1Cl. The minimum absolute atomic E-state index is 0.0506. The molecule has 8 heteroatoms. The predicted octanol–water partition coefficient (Wildman–Crippen LogP) is 4.43. The Morgan fingerprint density at radius 3 is 2.52 bits per heavy atom. The van der Waals surface area contributed by atoms with Crippen LogP contribution < -0.4 is 10.2 Å². The quantitative estimate of drug-likeness (QED) is 0.734. The van der Waals surface area contributed by atoms with Crippen molar-refractivity contribution in [1.82, 2.24) is 10.2 Å². The fraction of sp³-hybridized carbons (Fsp3) is 0.316. The third kappa shape index (κ3) is 4.57. The summed E-state index contributed by atoms with van der Waals surface area (Å²) in [4.78, 5) is 16.3. The normalized spacial score (nSPS) is 15.6. The molecule has 1 aliphatic heterocycles. The maximum absolute atomic E-state index is 13.7. The first-order valence-electron chi connectivity index (χ1n) is 8.59. The van der Waals surface area contributed by atoms with Gasteiger partial charge in [0, 0.05) is 43.0 Å². The third-order valence-electron chi connectivity index (χ3n) is 4.61. The van der Waals surface area contributed by atoms with Gasteiger partial charge in [0.1, 0.15) is 11.6 Å². The minimum Gasteiger partial charge on any atom is -0.508 e. The maximum Gasteiger partial charge on any atom is 0.317 e. The van der Waals surface area contributed by atoms with E-state index in [9.17, 15) is 14.3 Å². The van der Waals surface area contributed by atoms with Crippen molar-refractivity contribution in [3.05, 3.63) is 57.8 Å². The van der Waals surface area contributed by atoms with Gasteiger partial charge in [-0.1, -0.05) is 29.3 Å². The molecule has 0 bridgehead atoms. The molecule has 0 saturated carbocycles. The van der Waals surface area contributed by atoms with Crippen LogP contribution in [0.5, 0.6) is 5.75 Å². The molecule has 3 rings (SSSR count). The molecule has 0 radical (unpaired) electrons. The van der Waals surface area contributed by atoms with Crippen LogP contribution in [0, 0.1) is 5.82 Å². The Bertz CT molecular complexity index is 842. The summed E-state index contributed by atoms with van der Waals surface area (Å²) >= 11 is 11.8. The summed E-state index contributed by atoms with van der Waals surface area (Å²) in [5.74, 6) is -0.356. The average Bonchev–Trinajstić information content (AvgIpc) is 2.64. The second-order valence-electron chi connectivity index (χ2n) is 6.45.